The Bertz CT molecular complexity index is 877. The highest BCUT2D eigenvalue weighted by Gasteiger charge is 2.27. The number of oxime groups is 1. The lowest BCUT2D eigenvalue weighted by Crippen LogP contribution is -2.24. The quantitative estimate of drug-likeness (QED) is 0.469. The second-order valence-corrected chi connectivity index (χ2v) is 7.36. The predicted octanol–water partition coefficient (Wildman–Crippen LogP) is 4.89. The highest BCUT2D eigenvalue weighted by Crippen LogP contribution is 2.37. The van der Waals surface area contributed by atoms with E-state index in [0.29, 0.717) is 5.71 Å². The first-order valence-corrected chi connectivity index (χ1v) is 8.78. The third-order valence-corrected chi connectivity index (χ3v) is 5.08. The fraction of sp³-hybridized carbons (Fsp3) is 0.273. The minimum absolute atomic E-state index is 0.185. The van der Waals surface area contributed by atoms with Crippen LogP contribution in [0.1, 0.15) is 59.3 Å². The fourth-order valence-electron chi connectivity index (χ4n) is 3.57. The molecule has 26 heavy (non-hydrogen) atoms. The number of allylic oxidation sites excluding steroid dienone is 1. The Kier molecular flexibility index (Phi) is 4.94. The fourth-order valence-corrected chi connectivity index (χ4v) is 3.57. The highest BCUT2D eigenvalue weighted by molar-refractivity contribution is 6.10. The molecule has 0 fully saturated rings. The molecular weight excluding hydrogens is 326 g/mol. The van der Waals surface area contributed by atoms with E-state index < -0.39 is 5.97 Å². The maximum atomic E-state index is 10.9. The van der Waals surface area contributed by atoms with E-state index in [4.69, 9.17) is 5.11 Å². The van der Waals surface area contributed by atoms with Crippen LogP contribution >= 0.6 is 0 Å². The van der Waals surface area contributed by atoms with Crippen molar-refractivity contribution in [3.63, 3.8) is 0 Å². The zero-order valence-electron chi connectivity index (χ0n) is 15.1. The standard InChI is InChI=1S/C22H23NO3/c1-22(2)13-3-4-17-14-18(10-11-19(17)22)20(23-26)12-7-15-5-8-16(9-6-15)21(24)25/h5-12,14,26H,3-4,13H2,1-2H3,(H,24,25)/b12-7+,23-20+. The smallest absolute Gasteiger partial charge is 0.335 e. The van der Waals surface area contributed by atoms with Gasteiger partial charge in [-0.15, -0.1) is 0 Å². The Balaban J connectivity index is 1.84. The van der Waals surface area contributed by atoms with Gasteiger partial charge < -0.3 is 10.3 Å². The van der Waals surface area contributed by atoms with Crippen molar-refractivity contribution in [2.24, 2.45) is 5.16 Å². The molecule has 4 heteroatoms. The molecule has 4 nitrogen and oxygen atoms in total. The van der Waals surface area contributed by atoms with E-state index in [0.717, 1.165) is 17.5 Å². The highest BCUT2D eigenvalue weighted by atomic mass is 16.4. The van der Waals surface area contributed by atoms with Crippen LogP contribution in [-0.4, -0.2) is 22.0 Å². The van der Waals surface area contributed by atoms with Gasteiger partial charge in [0.15, 0.2) is 0 Å². The number of aryl methyl sites for hydroxylation is 1. The van der Waals surface area contributed by atoms with Crippen LogP contribution in [0.3, 0.4) is 0 Å². The molecule has 0 aromatic heterocycles. The van der Waals surface area contributed by atoms with Crippen molar-refractivity contribution in [1.82, 2.24) is 0 Å². The maximum Gasteiger partial charge on any atom is 0.335 e. The Hall–Kier alpha value is -2.88. The van der Waals surface area contributed by atoms with Crippen molar-refractivity contribution in [3.8, 4) is 0 Å². The van der Waals surface area contributed by atoms with Gasteiger partial charge >= 0.3 is 5.97 Å². The topological polar surface area (TPSA) is 69.9 Å². The number of benzene rings is 2. The van der Waals surface area contributed by atoms with Gasteiger partial charge in [0.1, 0.15) is 5.71 Å². The van der Waals surface area contributed by atoms with Gasteiger partial charge in [0.25, 0.3) is 0 Å². The number of nitrogens with zero attached hydrogens (tertiary/aromatic N) is 1. The molecule has 0 amide bonds. The van der Waals surface area contributed by atoms with Crippen molar-refractivity contribution in [3.05, 3.63) is 76.4 Å². The number of rotatable bonds is 4. The van der Waals surface area contributed by atoms with Crippen LogP contribution < -0.4 is 0 Å². The summed E-state index contributed by atoms with van der Waals surface area (Å²) in [6.45, 7) is 4.54. The third kappa shape index (κ3) is 3.69. The summed E-state index contributed by atoms with van der Waals surface area (Å²) in [6.07, 6.45) is 6.95. The molecule has 0 aliphatic heterocycles. The molecule has 2 aromatic rings. The average Bonchev–Trinajstić information content (AvgIpc) is 2.62. The lowest BCUT2D eigenvalue weighted by molar-refractivity contribution is 0.0697. The van der Waals surface area contributed by atoms with Gasteiger partial charge in [-0.2, -0.15) is 0 Å². The van der Waals surface area contributed by atoms with E-state index in [-0.39, 0.29) is 11.0 Å². The monoisotopic (exact) mass is 349 g/mol. The summed E-state index contributed by atoms with van der Waals surface area (Å²) in [4.78, 5) is 10.9. The van der Waals surface area contributed by atoms with Crippen LogP contribution in [0.4, 0.5) is 0 Å². The lowest BCUT2D eigenvalue weighted by atomic mass is 9.72. The molecule has 0 spiro atoms. The molecule has 0 saturated heterocycles. The van der Waals surface area contributed by atoms with Crippen LogP contribution in [0.25, 0.3) is 6.08 Å². The molecular formula is C22H23NO3. The number of hydrogen-bond acceptors (Lipinski definition) is 3. The molecule has 1 aliphatic carbocycles. The molecule has 2 N–H and O–H groups in total. The van der Waals surface area contributed by atoms with Crippen LogP contribution in [-0.2, 0) is 11.8 Å². The van der Waals surface area contributed by atoms with Gasteiger partial charge in [0.2, 0.25) is 0 Å². The van der Waals surface area contributed by atoms with Crippen LogP contribution in [0.5, 0.6) is 0 Å². The summed E-state index contributed by atoms with van der Waals surface area (Å²) in [6, 6.07) is 12.8. The molecule has 2 aromatic carbocycles. The Morgan fingerprint density at radius 2 is 1.81 bits per heavy atom. The second-order valence-electron chi connectivity index (χ2n) is 7.36. The summed E-state index contributed by atoms with van der Waals surface area (Å²) in [5, 5.41) is 21.8. The molecule has 1 aliphatic rings. The van der Waals surface area contributed by atoms with Gasteiger partial charge in [0, 0.05) is 5.56 Å². The first-order chi connectivity index (χ1) is 12.4. The van der Waals surface area contributed by atoms with Crippen molar-refractivity contribution in [2.75, 3.05) is 0 Å². The minimum Gasteiger partial charge on any atom is -0.478 e. The number of carbonyl (C=O) groups is 1. The summed E-state index contributed by atoms with van der Waals surface area (Å²) in [7, 11) is 0. The normalized spacial score (nSPS) is 16.5. The van der Waals surface area contributed by atoms with Crippen molar-refractivity contribution >= 4 is 17.8 Å². The number of fused-ring (bicyclic) bond motifs is 1. The van der Waals surface area contributed by atoms with E-state index in [1.165, 1.54) is 24.0 Å². The molecule has 3 rings (SSSR count). The van der Waals surface area contributed by atoms with Gasteiger partial charge in [-0.05, 0) is 65.6 Å². The lowest BCUT2D eigenvalue weighted by Gasteiger charge is -2.32. The summed E-state index contributed by atoms with van der Waals surface area (Å²) >= 11 is 0. The van der Waals surface area contributed by atoms with Crippen LogP contribution in [0.15, 0.2) is 53.7 Å². The molecule has 0 atom stereocenters. The van der Waals surface area contributed by atoms with Gasteiger partial charge in [0.05, 0.1) is 5.56 Å². The molecule has 0 radical (unpaired) electrons. The minimum atomic E-state index is -0.949. The van der Waals surface area contributed by atoms with Crippen LogP contribution in [0, 0.1) is 0 Å². The summed E-state index contributed by atoms with van der Waals surface area (Å²) in [5.74, 6) is -0.949. The Morgan fingerprint density at radius 1 is 1.12 bits per heavy atom. The van der Waals surface area contributed by atoms with Gasteiger partial charge in [-0.25, -0.2) is 4.79 Å². The van der Waals surface area contributed by atoms with Gasteiger partial charge in [-0.1, -0.05) is 49.3 Å². The molecule has 0 saturated carbocycles. The molecule has 134 valence electrons. The first kappa shape index (κ1) is 17.9. The number of aromatic carboxylic acids is 1. The van der Waals surface area contributed by atoms with E-state index >= 15 is 0 Å². The van der Waals surface area contributed by atoms with E-state index in [1.807, 2.05) is 12.1 Å². The summed E-state index contributed by atoms with van der Waals surface area (Å²) < 4.78 is 0. The number of carboxylic acids is 1. The second kappa shape index (κ2) is 7.16. The number of hydrogen-bond donors (Lipinski definition) is 2. The van der Waals surface area contributed by atoms with Gasteiger partial charge in [-0.3, -0.25) is 0 Å². The SMILES string of the molecule is CC1(C)CCCc2cc(C(/C=C/c3ccc(C(=O)O)cc3)=N/O)ccc21. The van der Waals surface area contributed by atoms with E-state index in [1.54, 1.807) is 30.3 Å². The van der Waals surface area contributed by atoms with Crippen molar-refractivity contribution in [1.29, 1.82) is 0 Å². The molecule has 0 bridgehead atoms. The zero-order valence-corrected chi connectivity index (χ0v) is 15.1. The Morgan fingerprint density at radius 3 is 2.46 bits per heavy atom. The van der Waals surface area contributed by atoms with E-state index in [9.17, 15) is 10.0 Å². The third-order valence-electron chi connectivity index (χ3n) is 5.08. The molecule has 0 heterocycles. The predicted molar refractivity (Wildman–Crippen MR) is 103 cm³/mol. The molecule has 0 unspecified atom stereocenters. The van der Waals surface area contributed by atoms with Crippen molar-refractivity contribution in [2.45, 2.75) is 38.5 Å². The van der Waals surface area contributed by atoms with Crippen LogP contribution in [0.2, 0.25) is 0 Å². The average molecular weight is 349 g/mol. The maximum absolute atomic E-state index is 10.9. The summed E-state index contributed by atoms with van der Waals surface area (Å²) in [5.41, 5.74) is 5.33. The first-order valence-electron chi connectivity index (χ1n) is 8.78. The Labute approximate surface area is 153 Å². The van der Waals surface area contributed by atoms with E-state index in [2.05, 4.69) is 31.1 Å². The zero-order chi connectivity index (χ0) is 18.7. The largest absolute Gasteiger partial charge is 0.478 e. The van der Waals surface area contributed by atoms with Crippen molar-refractivity contribution < 1.29 is 15.1 Å². The number of carboxylic acid groups (broad SMARTS) is 1.